The minimum Gasteiger partial charge on any atom is -0.404 e. The van der Waals surface area contributed by atoms with E-state index in [-0.39, 0.29) is 21.9 Å². The predicted octanol–water partition coefficient (Wildman–Crippen LogP) is 5.16. The van der Waals surface area contributed by atoms with E-state index in [0.29, 0.717) is 23.5 Å². The Hall–Kier alpha value is -2.61. The zero-order valence-corrected chi connectivity index (χ0v) is 17.0. The number of carbonyl (C=O) groups is 1. The molecule has 0 atom stereocenters. The fourth-order valence-corrected chi connectivity index (χ4v) is 3.24. The zero-order valence-electron chi connectivity index (χ0n) is 16.2. The molecule has 0 N–H and O–H groups in total. The molecule has 0 bridgehead atoms. The van der Waals surface area contributed by atoms with Gasteiger partial charge in [0, 0.05) is 30.5 Å². The van der Waals surface area contributed by atoms with Gasteiger partial charge in [0.15, 0.2) is 0 Å². The summed E-state index contributed by atoms with van der Waals surface area (Å²) in [6.45, 7) is 4.41. The van der Waals surface area contributed by atoms with E-state index in [9.17, 15) is 26.7 Å². The van der Waals surface area contributed by atoms with E-state index in [1.165, 1.54) is 30.9 Å². The highest BCUT2D eigenvalue weighted by molar-refractivity contribution is 7.98. The zero-order chi connectivity index (χ0) is 22.6. The molecule has 1 aromatic heterocycles. The van der Waals surface area contributed by atoms with Crippen molar-refractivity contribution in [3.05, 3.63) is 40.6 Å². The Balaban J connectivity index is 0.00000132. The van der Waals surface area contributed by atoms with E-state index < -0.39 is 23.6 Å². The van der Waals surface area contributed by atoms with Gasteiger partial charge in [-0.1, -0.05) is 6.07 Å². The van der Waals surface area contributed by atoms with Crippen molar-refractivity contribution in [1.82, 2.24) is 9.78 Å². The van der Waals surface area contributed by atoms with E-state index >= 15 is 0 Å². The summed E-state index contributed by atoms with van der Waals surface area (Å²) >= 11 is 0.705. The fraction of sp³-hybridized carbons (Fsp3) is 0.389. The molecule has 0 spiro atoms. The average Bonchev–Trinajstić information content (AvgIpc) is 2.91. The molecule has 0 aliphatic heterocycles. The number of nitriles is 1. The third-order valence-electron chi connectivity index (χ3n) is 3.68. The van der Waals surface area contributed by atoms with E-state index in [2.05, 4.69) is 5.10 Å². The van der Waals surface area contributed by atoms with E-state index in [1.54, 1.807) is 20.0 Å². The summed E-state index contributed by atoms with van der Waals surface area (Å²) in [5, 5.41) is 11.3. The molecule has 0 fully saturated rings. The third kappa shape index (κ3) is 5.26. The molecule has 2 rings (SSSR count). The lowest BCUT2D eigenvalue weighted by atomic mass is 10.0. The highest BCUT2D eigenvalue weighted by Crippen LogP contribution is 2.47. The van der Waals surface area contributed by atoms with Crippen molar-refractivity contribution in [3.63, 3.8) is 0 Å². The van der Waals surface area contributed by atoms with E-state index in [0.717, 1.165) is 6.07 Å². The molecule has 2 aromatic rings. The number of esters is 1. The topological polar surface area (TPSA) is 67.9 Å². The first-order chi connectivity index (χ1) is 13.3. The quantitative estimate of drug-likeness (QED) is 0.377. The first kappa shape index (κ1) is 24.4. The minimum absolute atomic E-state index is 0.0113. The largest absolute Gasteiger partial charge is 0.458 e. The summed E-state index contributed by atoms with van der Waals surface area (Å²) in [6, 6.07) is 4.77. The Labute approximate surface area is 168 Å². The van der Waals surface area contributed by atoms with Crippen molar-refractivity contribution in [2.75, 3.05) is 6.26 Å². The summed E-state index contributed by atoms with van der Waals surface area (Å²) in [6.07, 6.45) is -4.38. The van der Waals surface area contributed by atoms with Crippen LogP contribution in [0.1, 0.15) is 34.1 Å². The van der Waals surface area contributed by atoms with Gasteiger partial charge in [0.2, 0.25) is 5.88 Å². The number of aromatic nitrogens is 2. The maximum absolute atomic E-state index is 13.8. The van der Waals surface area contributed by atoms with Crippen LogP contribution in [0.15, 0.2) is 23.1 Å². The van der Waals surface area contributed by atoms with Crippen LogP contribution in [0.2, 0.25) is 0 Å². The normalized spacial score (nSPS) is 11.3. The van der Waals surface area contributed by atoms with Crippen LogP contribution >= 0.6 is 11.8 Å². The number of carbonyl (C=O) groups excluding carboxylic acids is 1. The average molecular weight is 435 g/mol. The number of halogens is 5. The molecule has 1 heterocycles. The van der Waals surface area contributed by atoms with Gasteiger partial charge < -0.3 is 4.74 Å². The molecule has 29 heavy (non-hydrogen) atoms. The Morgan fingerprint density at radius 1 is 1.24 bits per heavy atom. The number of alkyl halides is 5. The van der Waals surface area contributed by atoms with Crippen LogP contribution in [0.4, 0.5) is 22.0 Å². The second-order valence-corrected chi connectivity index (χ2v) is 6.57. The van der Waals surface area contributed by atoms with E-state index in [1.807, 2.05) is 0 Å². The van der Waals surface area contributed by atoms with Crippen molar-refractivity contribution >= 4 is 17.7 Å². The Kier molecular flexibility index (Phi) is 7.80. The highest BCUT2D eigenvalue weighted by atomic mass is 32.2. The molecule has 0 saturated heterocycles. The summed E-state index contributed by atoms with van der Waals surface area (Å²) in [7, 11) is 1.54. The molecular weight excluding hydrogens is 417 g/mol. The molecule has 1 aromatic carbocycles. The van der Waals surface area contributed by atoms with Gasteiger partial charge in [0.25, 0.3) is 0 Å². The first-order valence-electron chi connectivity index (χ1n) is 7.98. The van der Waals surface area contributed by atoms with Gasteiger partial charge in [-0.3, -0.25) is 0 Å². The molecule has 0 aliphatic carbocycles. The van der Waals surface area contributed by atoms with Crippen LogP contribution in [0.25, 0.3) is 0 Å². The van der Waals surface area contributed by atoms with Gasteiger partial charge >= 0.3 is 18.1 Å². The molecule has 0 aliphatic rings. The van der Waals surface area contributed by atoms with Crippen LogP contribution in [0, 0.1) is 25.2 Å². The monoisotopic (exact) mass is 435 g/mol. The number of hydrogen-bond acceptors (Lipinski definition) is 5. The number of aryl methyl sites for hydroxylation is 2. The predicted molar refractivity (Wildman–Crippen MR) is 97.1 cm³/mol. The molecule has 11 heteroatoms. The van der Waals surface area contributed by atoms with E-state index in [4.69, 9.17) is 10.00 Å². The Morgan fingerprint density at radius 3 is 2.21 bits per heavy atom. The maximum atomic E-state index is 13.8. The van der Waals surface area contributed by atoms with Gasteiger partial charge in [0.1, 0.15) is 0 Å². The fourth-order valence-electron chi connectivity index (χ4n) is 2.41. The van der Waals surface area contributed by atoms with Crippen molar-refractivity contribution in [2.24, 2.45) is 7.05 Å². The van der Waals surface area contributed by atoms with Crippen LogP contribution < -0.4 is 4.74 Å². The van der Waals surface area contributed by atoms with Gasteiger partial charge in [-0.25, -0.2) is 9.48 Å². The molecule has 0 radical (unpaired) electrons. The van der Waals surface area contributed by atoms with Crippen LogP contribution in [-0.2, 0) is 13.0 Å². The number of benzene rings is 1. The number of thioether (sulfide) groups is 1. The molecule has 0 unspecified atom stereocenters. The van der Waals surface area contributed by atoms with Crippen LogP contribution in [0.3, 0.4) is 0 Å². The number of ether oxygens (including phenoxy) is 1. The second kappa shape index (κ2) is 9.26. The Bertz CT molecular complexity index is 933. The van der Waals surface area contributed by atoms with Gasteiger partial charge in [-0.2, -0.15) is 32.3 Å². The smallest absolute Gasteiger partial charge is 0.404 e. The lowest BCUT2D eigenvalue weighted by Crippen LogP contribution is -2.34. The SMILES string of the molecule is CC#N.CSc1c(C(F)(F)C(F)(F)F)ccc(C(=O)Oc2cc(C)nn2C)c1C. The molecule has 158 valence electrons. The van der Waals surface area contributed by atoms with Gasteiger partial charge in [-0.15, -0.1) is 11.8 Å². The minimum atomic E-state index is -5.74. The van der Waals surface area contributed by atoms with Crippen LogP contribution in [-0.4, -0.2) is 28.2 Å². The lowest BCUT2D eigenvalue weighted by molar-refractivity contribution is -0.290. The van der Waals surface area contributed by atoms with Gasteiger partial charge in [-0.05, 0) is 31.7 Å². The maximum Gasteiger partial charge on any atom is 0.458 e. The number of rotatable bonds is 4. The van der Waals surface area contributed by atoms with Crippen molar-refractivity contribution < 1.29 is 31.5 Å². The summed E-state index contributed by atoms with van der Waals surface area (Å²) in [5.41, 5.74) is -0.710. The van der Waals surface area contributed by atoms with Crippen molar-refractivity contribution in [1.29, 1.82) is 5.26 Å². The first-order valence-corrected chi connectivity index (χ1v) is 9.20. The third-order valence-corrected chi connectivity index (χ3v) is 4.61. The number of hydrogen-bond donors (Lipinski definition) is 0. The molecular formula is C18H18F5N3O2S. The summed E-state index contributed by atoms with van der Waals surface area (Å²) < 4.78 is 72.1. The highest BCUT2D eigenvalue weighted by Gasteiger charge is 2.59. The van der Waals surface area contributed by atoms with Gasteiger partial charge in [0.05, 0.1) is 17.3 Å². The molecule has 5 nitrogen and oxygen atoms in total. The summed E-state index contributed by atoms with van der Waals surface area (Å²) in [5.74, 6) is -5.78. The second-order valence-electron chi connectivity index (χ2n) is 5.75. The Morgan fingerprint density at radius 2 is 1.79 bits per heavy atom. The summed E-state index contributed by atoms with van der Waals surface area (Å²) in [4.78, 5) is 12.0. The standard InChI is InChI=1S/C16H15F5N2O2S.C2H3N/c1-8-7-12(23(3)22-8)25-14(24)10-5-6-11(13(26-4)9(10)2)15(17,18)16(19,20)21;1-2-3/h5-7H,1-4H3;1H3. The van der Waals surface area contributed by atoms with Crippen molar-refractivity contribution in [3.8, 4) is 11.9 Å². The number of nitrogens with zero attached hydrogens (tertiary/aromatic N) is 3. The molecule has 0 amide bonds. The van der Waals surface area contributed by atoms with Crippen LogP contribution in [0.5, 0.6) is 5.88 Å². The van der Waals surface area contributed by atoms with Crippen molar-refractivity contribution in [2.45, 2.75) is 37.8 Å². The molecule has 0 saturated carbocycles. The lowest BCUT2D eigenvalue weighted by Gasteiger charge is -2.23.